The first-order chi connectivity index (χ1) is 10.8. The van der Waals surface area contributed by atoms with Crippen molar-refractivity contribution in [1.82, 2.24) is 0 Å². The summed E-state index contributed by atoms with van der Waals surface area (Å²) in [6, 6.07) is 0. The van der Waals surface area contributed by atoms with E-state index >= 15 is 0 Å². The van der Waals surface area contributed by atoms with Crippen LogP contribution in [0.3, 0.4) is 0 Å². The first-order valence-electron chi connectivity index (χ1n) is 5.45. The molecule has 1 radical (unpaired) electrons. The zero-order chi connectivity index (χ0) is 20.6. The predicted octanol–water partition coefficient (Wildman–Crippen LogP) is -4.14. The van der Waals surface area contributed by atoms with E-state index in [2.05, 4.69) is 0 Å². The third-order valence-electron chi connectivity index (χ3n) is 2.76. The molecule has 0 aromatic carbocycles. The van der Waals surface area contributed by atoms with E-state index in [0.29, 0.717) is 0 Å². The minimum absolute atomic E-state index is 0.556. The summed E-state index contributed by atoms with van der Waals surface area (Å²) < 4.78 is 124. The molecule has 5 atom stereocenters. The van der Waals surface area contributed by atoms with Crippen LogP contribution >= 0.6 is 0 Å². The van der Waals surface area contributed by atoms with Gasteiger partial charge in [0.25, 0.3) is 40.5 Å². The number of aliphatic hydroxyl groups excluding tert-OH is 3. The Morgan fingerprint density at radius 1 is 0.600 bits per heavy atom. The molecular formula is C6H13O15S4. The summed E-state index contributed by atoms with van der Waals surface area (Å²) in [7, 11) is -23.4. The lowest BCUT2D eigenvalue weighted by atomic mass is 10.1. The molecule has 0 rings (SSSR count). The van der Waals surface area contributed by atoms with Gasteiger partial charge in [-0.25, -0.2) is 0 Å². The summed E-state index contributed by atoms with van der Waals surface area (Å²) in [6.45, 7) is -0.556. The largest absolute Gasteiger partial charge is 0.390 e. The third kappa shape index (κ3) is 6.32. The minimum atomic E-state index is -6.02. The molecule has 0 aromatic heterocycles. The van der Waals surface area contributed by atoms with Gasteiger partial charge in [-0.3, -0.25) is 18.2 Å². The van der Waals surface area contributed by atoms with E-state index in [1.807, 2.05) is 0 Å². The zero-order valence-electron chi connectivity index (χ0n) is 11.5. The molecule has 0 aliphatic carbocycles. The van der Waals surface area contributed by atoms with Crippen LogP contribution in [0.5, 0.6) is 0 Å². The van der Waals surface area contributed by atoms with Crippen molar-refractivity contribution in [3.63, 3.8) is 0 Å². The molecule has 25 heavy (non-hydrogen) atoms. The van der Waals surface area contributed by atoms with Crippen molar-refractivity contribution in [3.8, 4) is 0 Å². The van der Waals surface area contributed by atoms with E-state index in [4.69, 9.17) is 23.3 Å². The molecule has 151 valence electrons. The Morgan fingerprint density at radius 2 is 0.960 bits per heavy atom. The second kappa shape index (κ2) is 7.64. The fourth-order valence-corrected chi connectivity index (χ4v) is 6.59. The molecule has 0 bridgehead atoms. The van der Waals surface area contributed by atoms with E-state index in [-0.39, 0.29) is 0 Å². The number of rotatable bonds is 9. The molecule has 0 saturated carbocycles. The summed E-state index contributed by atoms with van der Waals surface area (Å²) in [5, 5.41) is 17.4. The van der Waals surface area contributed by atoms with Crippen molar-refractivity contribution >= 4 is 40.5 Å². The molecule has 0 spiro atoms. The Balaban J connectivity index is 6.72. The lowest BCUT2D eigenvalue weighted by molar-refractivity contribution is 0.125. The van der Waals surface area contributed by atoms with Crippen LogP contribution in [0.15, 0.2) is 0 Å². The van der Waals surface area contributed by atoms with Crippen molar-refractivity contribution in [1.29, 1.82) is 0 Å². The van der Waals surface area contributed by atoms with Crippen molar-refractivity contribution in [2.75, 3.05) is 0 Å². The van der Waals surface area contributed by atoms with Gasteiger partial charge in [0.15, 0.2) is 5.25 Å². The highest BCUT2D eigenvalue weighted by Crippen LogP contribution is 2.26. The quantitative estimate of drug-likeness (QED) is 0.163. The normalized spacial score (nSPS) is 20.4. The standard InChI is InChI=1S/C6H13O15S4/c7-1-2(22(10,11)12)3(8)4(23(13,14)15)5(24(16,17)18)6(9)25(19,20)21/h1-9H,(H,10,11,12)(H,13,14,15)(H,16,17,18)(H,19,20,21). The SMILES string of the molecule is O=S(=O)(O)C(O)C(C(C(O)C([CH]O)S(=O)(=O)O)S(=O)(=O)O)S(=O)(=O)O. The van der Waals surface area contributed by atoms with E-state index in [1.165, 1.54) is 0 Å². The fraction of sp³-hybridized carbons (Fsp3) is 0.833. The molecule has 19 heteroatoms. The molecule has 0 aliphatic heterocycles. The highest BCUT2D eigenvalue weighted by atomic mass is 32.2. The van der Waals surface area contributed by atoms with Crippen molar-refractivity contribution in [2.24, 2.45) is 0 Å². The summed E-state index contributed by atoms with van der Waals surface area (Å²) >= 11 is 0. The average molecular weight is 453 g/mol. The van der Waals surface area contributed by atoms with Crippen LogP contribution in [0, 0.1) is 6.61 Å². The Bertz CT molecular complexity index is 880. The molecule has 0 aliphatic rings. The van der Waals surface area contributed by atoms with E-state index < -0.39 is 74.4 Å². The van der Waals surface area contributed by atoms with Crippen molar-refractivity contribution in [2.45, 2.75) is 27.3 Å². The number of hydrogen-bond acceptors (Lipinski definition) is 11. The molecule has 0 saturated heterocycles. The van der Waals surface area contributed by atoms with Gasteiger partial charge in [0.05, 0.1) is 6.10 Å². The second-order valence-corrected chi connectivity index (χ2v) is 10.7. The Kier molecular flexibility index (Phi) is 7.49. The van der Waals surface area contributed by atoms with Crippen LogP contribution < -0.4 is 0 Å². The van der Waals surface area contributed by atoms with Crippen LogP contribution in [0.1, 0.15) is 0 Å². The van der Waals surface area contributed by atoms with E-state index in [1.54, 1.807) is 0 Å². The maximum atomic E-state index is 11.3. The Hall–Kier alpha value is -0.480. The van der Waals surface area contributed by atoms with Crippen molar-refractivity contribution < 1.29 is 67.2 Å². The maximum Gasteiger partial charge on any atom is 0.293 e. The van der Waals surface area contributed by atoms with Crippen LogP contribution in [0.2, 0.25) is 0 Å². The first-order valence-corrected chi connectivity index (χ1v) is 11.5. The van der Waals surface area contributed by atoms with Gasteiger partial charge in [0.1, 0.15) is 17.1 Å². The Morgan fingerprint density at radius 3 is 1.16 bits per heavy atom. The van der Waals surface area contributed by atoms with Gasteiger partial charge < -0.3 is 15.3 Å². The van der Waals surface area contributed by atoms with Crippen LogP contribution in [0.4, 0.5) is 0 Å². The topological polar surface area (TPSA) is 278 Å². The molecule has 15 nitrogen and oxygen atoms in total. The lowest BCUT2D eigenvalue weighted by Crippen LogP contribution is -2.58. The van der Waals surface area contributed by atoms with Crippen LogP contribution in [-0.2, 0) is 40.5 Å². The highest BCUT2D eigenvalue weighted by molar-refractivity contribution is 7.92. The molecule has 7 N–H and O–H groups in total. The van der Waals surface area contributed by atoms with Gasteiger partial charge in [-0.1, -0.05) is 0 Å². The van der Waals surface area contributed by atoms with Gasteiger partial charge in [0.2, 0.25) is 5.44 Å². The fourth-order valence-electron chi connectivity index (χ4n) is 1.72. The van der Waals surface area contributed by atoms with E-state index in [0.717, 1.165) is 0 Å². The lowest BCUT2D eigenvalue weighted by Gasteiger charge is -2.30. The molecule has 0 amide bonds. The summed E-state index contributed by atoms with van der Waals surface area (Å²) in [5.74, 6) is 0. The summed E-state index contributed by atoms with van der Waals surface area (Å²) in [6.07, 6.45) is -3.33. The highest BCUT2D eigenvalue weighted by Gasteiger charge is 2.55. The molecule has 5 unspecified atom stereocenters. The van der Waals surface area contributed by atoms with Crippen LogP contribution in [-0.4, -0.2) is 94.5 Å². The van der Waals surface area contributed by atoms with Gasteiger partial charge >= 0.3 is 0 Å². The van der Waals surface area contributed by atoms with Gasteiger partial charge in [-0.05, 0) is 0 Å². The molecular weight excluding hydrogens is 440 g/mol. The second-order valence-electron chi connectivity index (χ2n) is 4.48. The maximum absolute atomic E-state index is 11.3. The molecule has 0 heterocycles. The zero-order valence-corrected chi connectivity index (χ0v) is 14.8. The van der Waals surface area contributed by atoms with Crippen molar-refractivity contribution in [3.05, 3.63) is 6.61 Å². The van der Waals surface area contributed by atoms with E-state index in [9.17, 15) is 43.9 Å². The summed E-state index contributed by atoms with van der Waals surface area (Å²) in [5.41, 5.74) is -3.69. The summed E-state index contributed by atoms with van der Waals surface area (Å²) in [4.78, 5) is 0. The number of hydrogen-bond donors (Lipinski definition) is 7. The molecule has 0 fully saturated rings. The van der Waals surface area contributed by atoms with Gasteiger partial charge in [-0.2, -0.15) is 33.7 Å². The van der Waals surface area contributed by atoms with Crippen LogP contribution in [0.25, 0.3) is 0 Å². The predicted molar refractivity (Wildman–Crippen MR) is 75.8 cm³/mol. The monoisotopic (exact) mass is 453 g/mol. The Labute approximate surface area is 141 Å². The first kappa shape index (κ1) is 24.5. The number of aliphatic hydroxyl groups is 3. The average Bonchev–Trinajstić information content (AvgIpc) is 2.29. The minimum Gasteiger partial charge on any atom is -0.390 e. The van der Waals surface area contributed by atoms with Gasteiger partial charge in [-0.15, -0.1) is 0 Å². The molecule has 0 aromatic rings. The third-order valence-corrected chi connectivity index (χ3v) is 7.60. The smallest absolute Gasteiger partial charge is 0.293 e. The van der Waals surface area contributed by atoms with Gasteiger partial charge in [0, 0.05) is 0 Å².